The van der Waals surface area contributed by atoms with Crippen molar-refractivity contribution in [2.45, 2.75) is 25.9 Å². The predicted molar refractivity (Wildman–Crippen MR) is 132 cm³/mol. The minimum atomic E-state index is -3.37. The van der Waals surface area contributed by atoms with Gasteiger partial charge in [0, 0.05) is 26.2 Å². The second kappa shape index (κ2) is 9.70. The van der Waals surface area contributed by atoms with Gasteiger partial charge < -0.3 is 9.15 Å². The van der Waals surface area contributed by atoms with Crippen LogP contribution < -0.4 is 16.0 Å². The molecule has 0 radical (unpaired) electrons. The molecule has 4 heterocycles. The van der Waals surface area contributed by atoms with Crippen molar-refractivity contribution in [3.05, 3.63) is 75.3 Å². The highest BCUT2D eigenvalue weighted by Gasteiger charge is 2.28. The minimum Gasteiger partial charge on any atom is -0.496 e. The Morgan fingerprint density at radius 3 is 2.61 bits per heavy atom. The van der Waals surface area contributed by atoms with Gasteiger partial charge >= 0.3 is 5.69 Å². The van der Waals surface area contributed by atoms with Crippen LogP contribution in [-0.2, 0) is 29.5 Å². The zero-order valence-electron chi connectivity index (χ0n) is 19.7. The maximum Gasteiger partial charge on any atom is 0.331 e. The van der Waals surface area contributed by atoms with Crippen molar-refractivity contribution >= 4 is 21.1 Å². The van der Waals surface area contributed by atoms with Crippen molar-refractivity contribution in [3.8, 4) is 17.3 Å². The maximum absolute atomic E-state index is 13.5. The number of fused-ring (bicyclic) bond motifs is 1. The normalized spacial score (nSPS) is 15.5. The Balaban J connectivity index is 1.59. The number of para-hydroxylation sites is 1. The van der Waals surface area contributed by atoms with E-state index in [1.807, 2.05) is 24.3 Å². The summed E-state index contributed by atoms with van der Waals surface area (Å²) >= 11 is 0. The molecule has 11 nitrogen and oxygen atoms in total. The number of aryl methyl sites for hydroxylation is 2. The number of methoxy groups -OCH3 is 1. The summed E-state index contributed by atoms with van der Waals surface area (Å²) in [6.45, 7) is 0.596. The molecule has 1 aliphatic heterocycles. The third-order valence-electron chi connectivity index (χ3n) is 6.30. The van der Waals surface area contributed by atoms with Gasteiger partial charge in [-0.05, 0) is 36.6 Å². The van der Waals surface area contributed by atoms with Crippen LogP contribution in [0.2, 0.25) is 0 Å². The first kappa shape index (κ1) is 23.9. The van der Waals surface area contributed by atoms with Crippen LogP contribution in [0, 0.1) is 0 Å². The van der Waals surface area contributed by atoms with E-state index in [2.05, 4.69) is 9.97 Å². The van der Waals surface area contributed by atoms with Gasteiger partial charge in [-0.25, -0.2) is 27.5 Å². The molecule has 1 aromatic carbocycles. The molecule has 0 atom stereocenters. The summed E-state index contributed by atoms with van der Waals surface area (Å²) < 4.78 is 39.1. The Morgan fingerprint density at radius 1 is 1.06 bits per heavy atom. The number of aromatic nitrogens is 4. The number of rotatable bonds is 8. The van der Waals surface area contributed by atoms with Crippen molar-refractivity contribution in [1.29, 1.82) is 0 Å². The first-order valence-electron chi connectivity index (χ1n) is 11.5. The van der Waals surface area contributed by atoms with Gasteiger partial charge in [0.05, 0.1) is 24.6 Å². The number of hydrogen-bond acceptors (Lipinski definition) is 8. The number of hydrogen-bond donors (Lipinski definition) is 0. The number of sulfonamides is 1. The summed E-state index contributed by atoms with van der Waals surface area (Å²) in [5.74, 6) is 1.02. The lowest BCUT2D eigenvalue weighted by Gasteiger charge is -2.17. The van der Waals surface area contributed by atoms with Gasteiger partial charge in [0.15, 0.2) is 5.52 Å². The maximum atomic E-state index is 13.5. The smallest absolute Gasteiger partial charge is 0.331 e. The van der Waals surface area contributed by atoms with Gasteiger partial charge in [-0.3, -0.25) is 13.9 Å². The third kappa shape index (κ3) is 4.44. The fourth-order valence-electron chi connectivity index (χ4n) is 4.47. The first-order chi connectivity index (χ1) is 17.4. The Hall–Kier alpha value is -3.77. The standard InChI is InChI=1S/C24H25N5O6S/c1-34-20-6-3-2-5-17(20)9-12-28-19-8-7-18(22-25-10-15-35-22)26-21(19)23(30)29(24(28)31)14-13-27-11-4-16-36(27,32)33/h2-3,5-8,10,15H,4,9,11-14,16H2,1H3. The van der Waals surface area contributed by atoms with E-state index in [1.54, 1.807) is 19.2 Å². The zero-order valence-corrected chi connectivity index (χ0v) is 20.5. The molecular formula is C24H25N5O6S. The molecule has 1 saturated heterocycles. The van der Waals surface area contributed by atoms with E-state index < -0.39 is 21.3 Å². The molecule has 3 aromatic heterocycles. The quantitative estimate of drug-likeness (QED) is 0.348. The van der Waals surface area contributed by atoms with Crippen molar-refractivity contribution in [2.75, 3.05) is 26.0 Å². The monoisotopic (exact) mass is 511 g/mol. The second-order valence-corrected chi connectivity index (χ2v) is 10.5. The van der Waals surface area contributed by atoms with Crippen LogP contribution >= 0.6 is 0 Å². The first-order valence-corrected chi connectivity index (χ1v) is 13.1. The molecule has 5 rings (SSSR count). The van der Waals surface area contributed by atoms with Gasteiger partial charge in [0.25, 0.3) is 5.56 Å². The van der Waals surface area contributed by atoms with E-state index in [-0.39, 0.29) is 36.8 Å². The van der Waals surface area contributed by atoms with E-state index in [4.69, 9.17) is 9.15 Å². The molecule has 4 aromatic rings. The number of pyridine rings is 1. The fourth-order valence-corrected chi connectivity index (χ4v) is 5.99. The highest BCUT2D eigenvalue weighted by atomic mass is 32.2. The Labute approximate surface area is 206 Å². The predicted octanol–water partition coefficient (Wildman–Crippen LogP) is 1.50. The number of nitrogens with zero attached hydrogens (tertiary/aromatic N) is 5. The van der Waals surface area contributed by atoms with Crippen LogP contribution in [-0.4, -0.2) is 57.8 Å². The van der Waals surface area contributed by atoms with Gasteiger partial charge in [0.2, 0.25) is 15.9 Å². The molecule has 0 saturated carbocycles. The lowest BCUT2D eigenvalue weighted by Crippen LogP contribution is -2.43. The van der Waals surface area contributed by atoms with Crippen LogP contribution in [0.3, 0.4) is 0 Å². The zero-order chi connectivity index (χ0) is 25.3. The van der Waals surface area contributed by atoms with E-state index in [9.17, 15) is 18.0 Å². The average Bonchev–Trinajstić information content (AvgIpc) is 3.53. The second-order valence-electron chi connectivity index (χ2n) is 8.42. The van der Waals surface area contributed by atoms with E-state index in [0.29, 0.717) is 36.3 Å². The Morgan fingerprint density at radius 2 is 1.89 bits per heavy atom. The lowest BCUT2D eigenvalue weighted by atomic mass is 10.1. The molecule has 188 valence electrons. The molecule has 1 fully saturated rings. The molecule has 0 spiro atoms. The Bertz CT molecular complexity index is 1630. The van der Waals surface area contributed by atoms with E-state index in [1.165, 1.54) is 21.3 Å². The largest absolute Gasteiger partial charge is 0.496 e. The molecule has 0 bridgehead atoms. The SMILES string of the molecule is COc1ccccc1CCn1c(=O)n(CCN2CCCS2(=O)=O)c(=O)c2nc(-c3ncco3)ccc21. The van der Waals surface area contributed by atoms with Crippen molar-refractivity contribution < 1.29 is 17.6 Å². The van der Waals surface area contributed by atoms with Crippen LogP contribution in [0.1, 0.15) is 12.0 Å². The van der Waals surface area contributed by atoms with Crippen molar-refractivity contribution in [2.24, 2.45) is 0 Å². The van der Waals surface area contributed by atoms with Crippen LogP contribution in [0.25, 0.3) is 22.6 Å². The molecular weight excluding hydrogens is 486 g/mol. The van der Waals surface area contributed by atoms with Gasteiger partial charge in [0.1, 0.15) is 17.7 Å². The molecule has 1 aliphatic rings. The fraction of sp³-hybridized carbons (Fsp3) is 0.333. The summed E-state index contributed by atoms with van der Waals surface area (Å²) in [7, 11) is -1.78. The summed E-state index contributed by atoms with van der Waals surface area (Å²) in [6, 6.07) is 10.8. The molecule has 0 unspecified atom stereocenters. The molecule has 0 aliphatic carbocycles. The number of ether oxygens (including phenoxy) is 1. The lowest BCUT2D eigenvalue weighted by molar-refractivity contribution is 0.405. The summed E-state index contributed by atoms with van der Waals surface area (Å²) in [5.41, 5.74) is 0.603. The van der Waals surface area contributed by atoms with Crippen molar-refractivity contribution in [1.82, 2.24) is 23.4 Å². The summed E-state index contributed by atoms with van der Waals surface area (Å²) in [5, 5.41) is 0. The molecule has 0 amide bonds. The highest BCUT2D eigenvalue weighted by Crippen LogP contribution is 2.20. The Kier molecular flexibility index (Phi) is 6.46. The van der Waals surface area contributed by atoms with Gasteiger partial charge in [-0.1, -0.05) is 18.2 Å². The molecule has 12 heteroatoms. The summed E-state index contributed by atoms with van der Waals surface area (Å²) in [6.07, 6.45) is 3.88. The molecule has 36 heavy (non-hydrogen) atoms. The number of benzene rings is 1. The van der Waals surface area contributed by atoms with E-state index in [0.717, 1.165) is 10.1 Å². The minimum absolute atomic E-state index is 0.0366. The van der Waals surface area contributed by atoms with Gasteiger partial charge in [-0.15, -0.1) is 0 Å². The number of oxazole rings is 1. The molecule has 0 N–H and O–H groups in total. The average molecular weight is 512 g/mol. The topological polar surface area (TPSA) is 130 Å². The van der Waals surface area contributed by atoms with Gasteiger partial charge in [-0.2, -0.15) is 0 Å². The highest BCUT2D eigenvalue weighted by molar-refractivity contribution is 7.89. The van der Waals surface area contributed by atoms with E-state index >= 15 is 0 Å². The van der Waals surface area contributed by atoms with Crippen molar-refractivity contribution in [3.63, 3.8) is 0 Å². The third-order valence-corrected chi connectivity index (χ3v) is 8.26. The van der Waals surface area contributed by atoms with Crippen LogP contribution in [0.4, 0.5) is 0 Å². The summed E-state index contributed by atoms with van der Waals surface area (Å²) in [4.78, 5) is 35.5. The van der Waals surface area contributed by atoms with Crippen LogP contribution in [0.5, 0.6) is 5.75 Å². The van der Waals surface area contributed by atoms with Crippen LogP contribution in [0.15, 0.2) is 62.9 Å².